The Labute approximate surface area is 96.1 Å². The van der Waals surface area contributed by atoms with Crippen molar-refractivity contribution in [2.45, 2.75) is 0 Å². The first-order chi connectivity index (χ1) is 8.22. The van der Waals surface area contributed by atoms with Crippen LogP contribution in [-0.4, -0.2) is 14.2 Å². The van der Waals surface area contributed by atoms with Crippen molar-refractivity contribution >= 4 is 16.6 Å². The van der Waals surface area contributed by atoms with E-state index in [-0.39, 0.29) is 11.1 Å². The lowest BCUT2D eigenvalue weighted by Crippen LogP contribution is -2.19. The van der Waals surface area contributed by atoms with Crippen LogP contribution in [0, 0.1) is 11.3 Å². The maximum atomic E-state index is 11.8. The summed E-state index contributed by atoms with van der Waals surface area (Å²) in [5, 5.41) is 14.1. The van der Waals surface area contributed by atoms with Gasteiger partial charge in [-0.2, -0.15) is 5.26 Å². The molecule has 5 heteroatoms. The Morgan fingerprint density at radius 2 is 2.24 bits per heavy atom. The van der Waals surface area contributed by atoms with Gasteiger partial charge in [-0.05, 0) is 18.2 Å². The minimum atomic E-state index is -0.316. The fraction of sp³-hybridized carbons (Fsp3) is 0.0833. The molecule has 5 nitrogen and oxygen atoms in total. The highest BCUT2D eigenvalue weighted by molar-refractivity contribution is 5.92. The van der Waals surface area contributed by atoms with Crippen molar-refractivity contribution in [1.29, 1.82) is 5.26 Å². The van der Waals surface area contributed by atoms with Gasteiger partial charge < -0.3 is 0 Å². The van der Waals surface area contributed by atoms with Crippen molar-refractivity contribution in [3.8, 4) is 6.07 Å². The first-order valence-electron chi connectivity index (χ1n) is 5.09. The van der Waals surface area contributed by atoms with Gasteiger partial charge in [0.25, 0.3) is 5.56 Å². The first-order valence-corrected chi connectivity index (χ1v) is 5.09. The zero-order valence-corrected chi connectivity index (χ0v) is 9.08. The monoisotopic (exact) mass is 224 g/mol. The molecule has 0 fully saturated rings. The Morgan fingerprint density at radius 1 is 1.41 bits per heavy atom. The topological polar surface area (TPSA) is 63.1 Å². The average Bonchev–Trinajstić information content (AvgIpc) is 2.72. The molecule has 0 spiro atoms. The lowest BCUT2D eigenvalue weighted by Gasteiger charge is -1.98. The molecule has 0 bridgehead atoms. The highest BCUT2D eigenvalue weighted by Gasteiger charge is 2.11. The molecule has 3 heterocycles. The van der Waals surface area contributed by atoms with Crippen molar-refractivity contribution in [2.75, 3.05) is 0 Å². The number of hydrogen-bond acceptors (Lipinski definition) is 3. The third-order valence-corrected chi connectivity index (χ3v) is 2.82. The largest absolute Gasteiger partial charge is 0.293 e. The summed E-state index contributed by atoms with van der Waals surface area (Å²) in [4.78, 5) is 11.8. The van der Waals surface area contributed by atoms with Crippen molar-refractivity contribution in [2.24, 2.45) is 7.05 Å². The van der Waals surface area contributed by atoms with Crippen LogP contribution >= 0.6 is 0 Å². The van der Waals surface area contributed by atoms with Gasteiger partial charge in [-0.3, -0.25) is 9.36 Å². The van der Waals surface area contributed by atoms with E-state index in [0.29, 0.717) is 5.65 Å². The average molecular weight is 224 g/mol. The Bertz CT molecular complexity index is 835. The van der Waals surface area contributed by atoms with Crippen LogP contribution in [0.25, 0.3) is 16.6 Å². The molecule has 3 aromatic rings. The van der Waals surface area contributed by atoms with Crippen molar-refractivity contribution < 1.29 is 0 Å². The van der Waals surface area contributed by atoms with E-state index in [2.05, 4.69) is 5.10 Å². The zero-order valence-electron chi connectivity index (χ0n) is 9.08. The maximum Gasteiger partial charge on any atom is 0.269 e. The summed E-state index contributed by atoms with van der Waals surface area (Å²) in [7, 11) is 1.62. The number of aromatic nitrogens is 3. The lowest BCUT2D eigenvalue weighted by molar-refractivity contribution is 0.858. The van der Waals surface area contributed by atoms with E-state index in [1.807, 2.05) is 30.5 Å². The number of fused-ring (bicyclic) bond motifs is 3. The fourth-order valence-electron chi connectivity index (χ4n) is 1.95. The number of nitrogens with zero attached hydrogens (tertiary/aromatic N) is 4. The molecule has 82 valence electrons. The number of pyridine rings is 2. The van der Waals surface area contributed by atoms with E-state index in [9.17, 15) is 4.79 Å². The molecule has 0 aliphatic carbocycles. The number of nitriles is 1. The van der Waals surface area contributed by atoms with Gasteiger partial charge in [0.05, 0.1) is 5.52 Å². The van der Waals surface area contributed by atoms with Crippen LogP contribution in [0.1, 0.15) is 5.56 Å². The van der Waals surface area contributed by atoms with E-state index in [1.54, 1.807) is 17.6 Å². The lowest BCUT2D eigenvalue weighted by atomic mass is 10.2. The van der Waals surface area contributed by atoms with Gasteiger partial charge in [-0.1, -0.05) is 6.07 Å². The van der Waals surface area contributed by atoms with Gasteiger partial charge in [-0.25, -0.2) is 4.52 Å². The van der Waals surface area contributed by atoms with Gasteiger partial charge in [0.15, 0.2) is 5.65 Å². The van der Waals surface area contributed by atoms with Gasteiger partial charge in [0.2, 0.25) is 0 Å². The van der Waals surface area contributed by atoms with Gasteiger partial charge in [0.1, 0.15) is 11.6 Å². The van der Waals surface area contributed by atoms with Crippen LogP contribution < -0.4 is 5.56 Å². The van der Waals surface area contributed by atoms with Crippen LogP contribution in [0.5, 0.6) is 0 Å². The third-order valence-electron chi connectivity index (χ3n) is 2.82. The second-order valence-corrected chi connectivity index (χ2v) is 3.80. The fourth-order valence-corrected chi connectivity index (χ4v) is 1.95. The van der Waals surface area contributed by atoms with Crippen molar-refractivity contribution in [3.63, 3.8) is 0 Å². The maximum absolute atomic E-state index is 11.8. The minimum absolute atomic E-state index is 0.138. The number of rotatable bonds is 0. The molecule has 0 saturated heterocycles. The summed E-state index contributed by atoms with van der Waals surface area (Å²) in [6.07, 6.45) is 1.81. The Kier molecular flexibility index (Phi) is 1.80. The predicted molar refractivity (Wildman–Crippen MR) is 62.7 cm³/mol. The van der Waals surface area contributed by atoms with Crippen molar-refractivity contribution in [1.82, 2.24) is 14.2 Å². The molecule has 0 unspecified atom stereocenters. The first kappa shape index (κ1) is 9.60. The summed E-state index contributed by atoms with van der Waals surface area (Å²) >= 11 is 0. The Hall–Kier alpha value is -2.61. The Morgan fingerprint density at radius 3 is 3.00 bits per heavy atom. The highest BCUT2D eigenvalue weighted by Crippen LogP contribution is 2.18. The van der Waals surface area contributed by atoms with E-state index in [4.69, 9.17) is 5.26 Å². The molecule has 0 amide bonds. The summed E-state index contributed by atoms with van der Waals surface area (Å²) in [5.74, 6) is 0. The van der Waals surface area contributed by atoms with E-state index < -0.39 is 0 Å². The molecule has 0 aromatic carbocycles. The molecule has 0 aliphatic rings. The van der Waals surface area contributed by atoms with Crippen LogP contribution in [0.2, 0.25) is 0 Å². The summed E-state index contributed by atoms with van der Waals surface area (Å²) < 4.78 is 3.10. The molecule has 3 rings (SSSR count). The molecular weight excluding hydrogens is 216 g/mol. The van der Waals surface area contributed by atoms with Gasteiger partial charge in [-0.15, -0.1) is 5.10 Å². The molecule has 0 saturated carbocycles. The summed E-state index contributed by atoms with van der Waals surface area (Å²) in [5.41, 5.74) is 1.29. The smallest absolute Gasteiger partial charge is 0.269 e. The molecule has 0 atom stereocenters. The van der Waals surface area contributed by atoms with Gasteiger partial charge >= 0.3 is 0 Å². The quantitative estimate of drug-likeness (QED) is 0.573. The van der Waals surface area contributed by atoms with E-state index in [1.165, 1.54) is 4.57 Å². The number of hydrogen-bond donors (Lipinski definition) is 0. The van der Waals surface area contributed by atoms with E-state index in [0.717, 1.165) is 10.9 Å². The second kappa shape index (κ2) is 3.19. The van der Waals surface area contributed by atoms with Crippen LogP contribution in [0.15, 0.2) is 35.3 Å². The third kappa shape index (κ3) is 1.18. The standard InChI is InChI=1S/C12H8N4O/c1-15-11-9(6-8(7-13)12(15)17)10-4-2-3-5-16(10)14-11/h2-6H,1H3. The predicted octanol–water partition coefficient (Wildman–Crippen LogP) is 1.06. The van der Waals surface area contributed by atoms with Crippen LogP contribution in [0.4, 0.5) is 0 Å². The number of aryl methyl sites for hydroxylation is 1. The molecule has 0 radical (unpaired) electrons. The van der Waals surface area contributed by atoms with Crippen LogP contribution in [-0.2, 0) is 7.05 Å². The highest BCUT2D eigenvalue weighted by atomic mass is 16.1. The summed E-state index contributed by atoms with van der Waals surface area (Å²) in [6.45, 7) is 0. The SMILES string of the molecule is Cn1c(=O)c(C#N)cc2c1nn1ccccc21. The second-order valence-electron chi connectivity index (χ2n) is 3.80. The molecule has 0 N–H and O–H groups in total. The molecule has 17 heavy (non-hydrogen) atoms. The van der Waals surface area contributed by atoms with E-state index >= 15 is 0 Å². The van der Waals surface area contributed by atoms with Crippen molar-refractivity contribution in [3.05, 3.63) is 46.4 Å². The molecular formula is C12H8N4O. The van der Waals surface area contributed by atoms with Crippen LogP contribution in [0.3, 0.4) is 0 Å². The zero-order chi connectivity index (χ0) is 12.0. The molecule has 3 aromatic heterocycles. The minimum Gasteiger partial charge on any atom is -0.293 e. The Balaban J connectivity index is 2.64. The van der Waals surface area contributed by atoms with Gasteiger partial charge in [0, 0.05) is 18.6 Å². The summed E-state index contributed by atoms with van der Waals surface area (Å²) in [6, 6.07) is 9.17. The molecule has 0 aliphatic heterocycles. The normalized spacial score (nSPS) is 10.8.